The summed E-state index contributed by atoms with van der Waals surface area (Å²) in [6, 6.07) is 30.2. The summed E-state index contributed by atoms with van der Waals surface area (Å²) in [5.41, 5.74) is 3.98. The third-order valence-corrected chi connectivity index (χ3v) is 4.47. The molecule has 0 spiro atoms. The van der Waals surface area contributed by atoms with Crippen molar-refractivity contribution >= 4 is 22.8 Å². The van der Waals surface area contributed by atoms with Crippen molar-refractivity contribution in [2.24, 2.45) is 0 Å². The molecule has 0 unspecified atom stereocenters. The van der Waals surface area contributed by atoms with Crippen LogP contribution in [-0.2, 0) is 6.54 Å². The minimum Gasteiger partial charge on any atom is -0.333 e. The van der Waals surface area contributed by atoms with Gasteiger partial charge in [-0.3, -0.25) is 4.79 Å². The number of hydrogen-bond acceptors (Lipinski definition) is 1. The summed E-state index contributed by atoms with van der Waals surface area (Å²) in [5, 5.41) is 1.08. The van der Waals surface area contributed by atoms with Gasteiger partial charge in [0, 0.05) is 17.4 Å². The molecular formula is C24H19NO. The zero-order valence-corrected chi connectivity index (χ0v) is 14.4. The highest BCUT2D eigenvalue weighted by molar-refractivity contribution is 6.08. The van der Waals surface area contributed by atoms with Gasteiger partial charge in [0.1, 0.15) is 0 Å². The smallest absolute Gasteiger partial charge is 0.202 e. The van der Waals surface area contributed by atoms with E-state index in [2.05, 4.69) is 28.8 Å². The molecule has 0 fully saturated rings. The van der Waals surface area contributed by atoms with Crippen LogP contribution in [0.15, 0.2) is 97.1 Å². The van der Waals surface area contributed by atoms with Crippen molar-refractivity contribution in [3.05, 3.63) is 114 Å². The summed E-state index contributed by atoms with van der Waals surface area (Å²) in [7, 11) is 0. The molecule has 2 nitrogen and oxygen atoms in total. The predicted molar refractivity (Wildman–Crippen MR) is 107 cm³/mol. The van der Waals surface area contributed by atoms with Gasteiger partial charge in [-0.05, 0) is 29.3 Å². The maximum atomic E-state index is 12.9. The number of rotatable bonds is 5. The Morgan fingerprint density at radius 1 is 0.808 bits per heavy atom. The van der Waals surface area contributed by atoms with Crippen LogP contribution in [0.4, 0.5) is 0 Å². The van der Waals surface area contributed by atoms with Crippen LogP contribution in [0, 0.1) is 0 Å². The molecule has 0 saturated carbocycles. The maximum Gasteiger partial charge on any atom is 0.202 e. The van der Waals surface area contributed by atoms with Crippen LogP contribution in [-0.4, -0.2) is 10.4 Å². The van der Waals surface area contributed by atoms with Gasteiger partial charge in [-0.2, -0.15) is 0 Å². The van der Waals surface area contributed by atoms with E-state index in [0.717, 1.165) is 16.5 Å². The first kappa shape index (κ1) is 16.1. The number of fused-ring (bicyclic) bond motifs is 1. The van der Waals surface area contributed by atoms with Crippen LogP contribution in [0.5, 0.6) is 0 Å². The normalized spacial score (nSPS) is 11.2. The summed E-state index contributed by atoms with van der Waals surface area (Å²) < 4.78 is 2.10. The number of hydrogen-bond donors (Lipinski definition) is 0. The molecule has 2 heteroatoms. The Hall–Kier alpha value is -3.39. The number of para-hydroxylation sites is 1. The highest BCUT2D eigenvalue weighted by Crippen LogP contribution is 2.22. The summed E-state index contributed by atoms with van der Waals surface area (Å²) in [5.74, 6) is 0.0148. The van der Waals surface area contributed by atoms with E-state index < -0.39 is 0 Å². The molecule has 4 rings (SSSR count). The fraction of sp³-hybridized carbons (Fsp3) is 0.0417. The molecule has 0 N–H and O–H groups in total. The van der Waals surface area contributed by atoms with E-state index in [1.165, 1.54) is 5.56 Å². The second kappa shape index (κ2) is 7.24. The average Bonchev–Trinajstić information content (AvgIpc) is 3.06. The minimum atomic E-state index is 0.0148. The molecule has 0 atom stereocenters. The van der Waals surface area contributed by atoms with Gasteiger partial charge < -0.3 is 4.57 Å². The summed E-state index contributed by atoms with van der Waals surface area (Å²) in [6.07, 6.45) is 3.53. The molecule has 126 valence electrons. The van der Waals surface area contributed by atoms with Gasteiger partial charge in [0.2, 0.25) is 5.78 Å². The largest absolute Gasteiger partial charge is 0.333 e. The lowest BCUT2D eigenvalue weighted by Gasteiger charge is -2.09. The van der Waals surface area contributed by atoms with Gasteiger partial charge >= 0.3 is 0 Å². The van der Waals surface area contributed by atoms with Crippen LogP contribution in [0.1, 0.15) is 21.6 Å². The quantitative estimate of drug-likeness (QED) is 0.344. The number of aromatic nitrogens is 1. The Kier molecular flexibility index (Phi) is 4.48. The highest BCUT2D eigenvalue weighted by atomic mass is 16.1. The molecule has 0 aliphatic heterocycles. The van der Waals surface area contributed by atoms with Crippen molar-refractivity contribution in [3.8, 4) is 0 Å². The molecule has 4 aromatic rings. The lowest BCUT2D eigenvalue weighted by Crippen LogP contribution is -2.08. The fourth-order valence-corrected chi connectivity index (χ4v) is 3.17. The Bertz CT molecular complexity index is 1060. The van der Waals surface area contributed by atoms with E-state index in [-0.39, 0.29) is 5.78 Å². The number of benzene rings is 3. The standard InChI is InChI=1S/C24H19NO/c26-24(16-15-19-9-3-1-4-10-19)23-17-21-13-7-8-14-22(21)25(23)18-20-11-5-2-6-12-20/h1-17H,18H2/b16-15+. The van der Waals surface area contributed by atoms with Crippen LogP contribution in [0.3, 0.4) is 0 Å². The Morgan fingerprint density at radius 3 is 2.23 bits per heavy atom. The summed E-state index contributed by atoms with van der Waals surface area (Å²) >= 11 is 0. The van der Waals surface area contributed by atoms with E-state index in [0.29, 0.717) is 12.2 Å². The summed E-state index contributed by atoms with van der Waals surface area (Å²) in [4.78, 5) is 12.9. The molecule has 0 aliphatic carbocycles. The second-order valence-electron chi connectivity index (χ2n) is 6.27. The van der Waals surface area contributed by atoms with Crippen molar-refractivity contribution in [1.29, 1.82) is 0 Å². The monoisotopic (exact) mass is 337 g/mol. The molecule has 0 aliphatic rings. The third-order valence-electron chi connectivity index (χ3n) is 4.47. The van der Waals surface area contributed by atoms with Gasteiger partial charge in [0.05, 0.1) is 5.69 Å². The molecule has 26 heavy (non-hydrogen) atoms. The van der Waals surface area contributed by atoms with E-state index in [1.807, 2.05) is 72.8 Å². The van der Waals surface area contributed by atoms with Gasteiger partial charge in [-0.1, -0.05) is 84.9 Å². The lowest BCUT2D eigenvalue weighted by atomic mass is 10.1. The van der Waals surface area contributed by atoms with Crippen molar-refractivity contribution in [2.45, 2.75) is 6.54 Å². The maximum absolute atomic E-state index is 12.9. The van der Waals surface area contributed by atoms with Crippen LogP contribution >= 0.6 is 0 Å². The molecule has 3 aromatic carbocycles. The first-order chi connectivity index (χ1) is 12.8. The molecule has 0 radical (unpaired) electrons. The Morgan fingerprint density at radius 2 is 1.46 bits per heavy atom. The second-order valence-corrected chi connectivity index (χ2v) is 6.27. The van der Waals surface area contributed by atoms with E-state index >= 15 is 0 Å². The number of nitrogens with zero attached hydrogens (tertiary/aromatic N) is 1. The lowest BCUT2D eigenvalue weighted by molar-refractivity contribution is 0.104. The van der Waals surface area contributed by atoms with Crippen LogP contribution < -0.4 is 0 Å². The van der Waals surface area contributed by atoms with Crippen molar-refractivity contribution in [1.82, 2.24) is 4.57 Å². The predicted octanol–water partition coefficient (Wildman–Crippen LogP) is 5.59. The number of carbonyl (C=O) groups excluding carboxylic acids is 1. The molecule has 0 amide bonds. The van der Waals surface area contributed by atoms with Crippen molar-refractivity contribution in [2.75, 3.05) is 0 Å². The molecule has 1 aromatic heterocycles. The minimum absolute atomic E-state index is 0.0148. The fourth-order valence-electron chi connectivity index (χ4n) is 3.17. The molecule has 0 bridgehead atoms. The highest BCUT2D eigenvalue weighted by Gasteiger charge is 2.13. The zero-order chi connectivity index (χ0) is 17.8. The van der Waals surface area contributed by atoms with Gasteiger partial charge in [-0.25, -0.2) is 0 Å². The number of carbonyl (C=O) groups is 1. The summed E-state index contributed by atoms with van der Waals surface area (Å²) in [6.45, 7) is 0.675. The van der Waals surface area contributed by atoms with Gasteiger partial charge in [0.25, 0.3) is 0 Å². The third kappa shape index (κ3) is 3.35. The first-order valence-electron chi connectivity index (χ1n) is 8.71. The average molecular weight is 337 g/mol. The Labute approximate surface area is 153 Å². The van der Waals surface area contributed by atoms with Crippen LogP contribution in [0.25, 0.3) is 17.0 Å². The van der Waals surface area contributed by atoms with Crippen molar-refractivity contribution in [3.63, 3.8) is 0 Å². The van der Waals surface area contributed by atoms with Gasteiger partial charge in [0.15, 0.2) is 0 Å². The first-order valence-corrected chi connectivity index (χ1v) is 8.71. The van der Waals surface area contributed by atoms with Gasteiger partial charge in [-0.15, -0.1) is 0 Å². The van der Waals surface area contributed by atoms with E-state index in [9.17, 15) is 4.79 Å². The molecular weight excluding hydrogens is 318 g/mol. The van der Waals surface area contributed by atoms with Crippen molar-refractivity contribution < 1.29 is 4.79 Å². The SMILES string of the molecule is O=C(/C=C/c1ccccc1)c1cc2ccccc2n1Cc1ccccc1. The number of ketones is 1. The van der Waals surface area contributed by atoms with E-state index in [4.69, 9.17) is 0 Å². The Balaban J connectivity index is 1.73. The topological polar surface area (TPSA) is 22.0 Å². The number of allylic oxidation sites excluding steroid dienone is 1. The van der Waals surface area contributed by atoms with Crippen LogP contribution in [0.2, 0.25) is 0 Å². The molecule has 1 heterocycles. The van der Waals surface area contributed by atoms with E-state index in [1.54, 1.807) is 6.08 Å². The molecule has 0 saturated heterocycles. The zero-order valence-electron chi connectivity index (χ0n) is 14.4.